The summed E-state index contributed by atoms with van der Waals surface area (Å²) < 4.78 is 6.58. The van der Waals surface area contributed by atoms with E-state index in [0.717, 1.165) is 16.8 Å². The molecule has 1 atom stereocenters. The number of benzene rings is 1. The molecule has 1 unspecified atom stereocenters. The van der Waals surface area contributed by atoms with Crippen molar-refractivity contribution in [2.24, 2.45) is 0 Å². The van der Waals surface area contributed by atoms with Crippen LogP contribution in [0.25, 0.3) is 0 Å². The Labute approximate surface area is 96.7 Å². The molecule has 0 radical (unpaired) electrons. The smallest absolute Gasteiger partial charge is 0.139 e. The molecule has 14 heavy (non-hydrogen) atoms. The van der Waals surface area contributed by atoms with Crippen molar-refractivity contribution in [3.05, 3.63) is 27.7 Å². The Morgan fingerprint density at radius 2 is 2.36 bits per heavy atom. The van der Waals surface area contributed by atoms with Crippen LogP contribution < -0.4 is 10.1 Å². The molecule has 0 bridgehead atoms. The predicted molar refractivity (Wildman–Crippen MR) is 61.1 cm³/mol. The van der Waals surface area contributed by atoms with Gasteiger partial charge in [0.1, 0.15) is 12.4 Å². The molecular weight excluding hydrogens is 265 g/mol. The highest BCUT2D eigenvalue weighted by Crippen LogP contribution is 2.28. The third-order valence-corrected chi connectivity index (χ3v) is 3.06. The van der Waals surface area contributed by atoms with E-state index in [-0.39, 0.29) is 0 Å². The van der Waals surface area contributed by atoms with Gasteiger partial charge in [-0.3, -0.25) is 0 Å². The predicted octanol–water partition coefficient (Wildman–Crippen LogP) is 2.84. The van der Waals surface area contributed by atoms with E-state index in [1.54, 1.807) is 0 Å². The monoisotopic (exact) mass is 275 g/mol. The Kier molecular flexibility index (Phi) is 3.31. The van der Waals surface area contributed by atoms with Crippen molar-refractivity contribution in [2.75, 3.05) is 13.2 Å². The molecule has 0 spiro atoms. The van der Waals surface area contributed by atoms with Gasteiger partial charge in [0.25, 0.3) is 0 Å². The average molecular weight is 277 g/mol. The number of nitrogens with one attached hydrogen (secondary N) is 1. The average Bonchev–Trinajstić information content (AvgIpc) is 2.08. The van der Waals surface area contributed by atoms with Gasteiger partial charge in [0.15, 0.2) is 0 Å². The topological polar surface area (TPSA) is 21.3 Å². The zero-order valence-corrected chi connectivity index (χ0v) is 9.94. The molecule has 1 aliphatic rings. The van der Waals surface area contributed by atoms with Crippen molar-refractivity contribution in [2.45, 2.75) is 12.5 Å². The van der Waals surface area contributed by atoms with Gasteiger partial charge in [-0.15, -0.1) is 0 Å². The zero-order valence-electron chi connectivity index (χ0n) is 7.59. The maximum atomic E-state index is 5.97. The Balaban J connectivity index is 1.96. The number of ether oxygens (including phenoxy) is 1. The quantitative estimate of drug-likeness (QED) is 0.916. The summed E-state index contributed by atoms with van der Waals surface area (Å²) in [7, 11) is 0. The van der Waals surface area contributed by atoms with Crippen LogP contribution in [0.1, 0.15) is 6.42 Å². The van der Waals surface area contributed by atoms with Crippen LogP contribution in [0.4, 0.5) is 0 Å². The summed E-state index contributed by atoms with van der Waals surface area (Å²) in [6.07, 6.45) is 1.19. The molecule has 2 rings (SSSR count). The molecule has 1 N–H and O–H groups in total. The van der Waals surface area contributed by atoms with Crippen LogP contribution in [0.2, 0.25) is 5.02 Å². The van der Waals surface area contributed by atoms with E-state index >= 15 is 0 Å². The summed E-state index contributed by atoms with van der Waals surface area (Å²) in [4.78, 5) is 0. The standard InChI is InChI=1S/C10H11BrClNO/c11-7-1-2-9(12)10(5-7)14-6-8-3-4-13-8/h1-2,5,8,13H,3-4,6H2. The molecule has 2 nitrogen and oxygen atoms in total. The minimum absolute atomic E-state index is 0.491. The van der Waals surface area contributed by atoms with Gasteiger partial charge in [-0.25, -0.2) is 0 Å². The molecule has 1 aromatic rings. The van der Waals surface area contributed by atoms with Crippen molar-refractivity contribution in [1.29, 1.82) is 0 Å². The van der Waals surface area contributed by atoms with Gasteiger partial charge in [-0.2, -0.15) is 0 Å². The SMILES string of the molecule is Clc1ccc(Br)cc1OCC1CCN1. The first-order valence-corrected chi connectivity index (χ1v) is 5.74. The molecule has 0 saturated carbocycles. The molecule has 1 aliphatic heterocycles. The van der Waals surface area contributed by atoms with Crippen LogP contribution in [-0.4, -0.2) is 19.2 Å². The molecule has 1 heterocycles. The van der Waals surface area contributed by atoms with Gasteiger partial charge in [0, 0.05) is 10.5 Å². The van der Waals surface area contributed by atoms with Gasteiger partial charge in [-0.1, -0.05) is 27.5 Å². The molecule has 1 fully saturated rings. The van der Waals surface area contributed by atoms with Gasteiger partial charge < -0.3 is 10.1 Å². The van der Waals surface area contributed by atoms with Crippen LogP contribution in [0.5, 0.6) is 5.75 Å². The van der Waals surface area contributed by atoms with Crippen LogP contribution in [0.15, 0.2) is 22.7 Å². The van der Waals surface area contributed by atoms with Crippen LogP contribution in [0.3, 0.4) is 0 Å². The molecule has 0 amide bonds. The molecule has 0 aliphatic carbocycles. The fourth-order valence-corrected chi connectivity index (χ4v) is 1.78. The van der Waals surface area contributed by atoms with Gasteiger partial charge >= 0.3 is 0 Å². The molecule has 0 aromatic heterocycles. The Morgan fingerprint density at radius 3 is 3.00 bits per heavy atom. The minimum atomic E-state index is 0.491. The Bertz CT molecular complexity index is 328. The van der Waals surface area contributed by atoms with E-state index in [1.165, 1.54) is 6.42 Å². The molecule has 76 valence electrons. The van der Waals surface area contributed by atoms with Gasteiger partial charge in [0.2, 0.25) is 0 Å². The number of hydrogen-bond donors (Lipinski definition) is 1. The van der Waals surface area contributed by atoms with Crippen molar-refractivity contribution in [3.63, 3.8) is 0 Å². The highest BCUT2D eigenvalue weighted by molar-refractivity contribution is 9.10. The first-order chi connectivity index (χ1) is 6.75. The molecular formula is C10H11BrClNO. The first-order valence-electron chi connectivity index (χ1n) is 4.57. The Morgan fingerprint density at radius 1 is 1.57 bits per heavy atom. The normalized spacial score (nSPS) is 20.3. The van der Waals surface area contributed by atoms with E-state index in [0.29, 0.717) is 17.7 Å². The summed E-state index contributed by atoms with van der Waals surface area (Å²) in [5.74, 6) is 0.745. The van der Waals surface area contributed by atoms with Gasteiger partial charge in [-0.05, 0) is 31.2 Å². The largest absolute Gasteiger partial charge is 0.490 e. The van der Waals surface area contributed by atoms with Crippen molar-refractivity contribution < 1.29 is 4.74 Å². The maximum absolute atomic E-state index is 5.97. The summed E-state index contributed by atoms with van der Waals surface area (Å²) in [6.45, 7) is 1.79. The van der Waals surface area contributed by atoms with E-state index in [1.807, 2.05) is 18.2 Å². The second kappa shape index (κ2) is 4.51. The molecule has 1 saturated heterocycles. The minimum Gasteiger partial charge on any atom is -0.490 e. The van der Waals surface area contributed by atoms with Crippen LogP contribution >= 0.6 is 27.5 Å². The van der Waals surface area contributed by atoms with Crippen molar-refractivity contribution in [1.82, 2.24) is 5.32 Å². The maximum Gasteiger partial charge on any atom is 0.139 e. The summed E-state index contributed by atoms with van der Waals surface area (Å²) in [6, 6.07) is 6.11. The number of rotatable bonds is 3. The summed E-state index contributed by atoms with van der Waals surface area (Å²) in [5.41, 5.74) is 0. The van der Waals surface area contributed by atoms with E-state index in [4.69, 9.17) is 16.3 Å². The lowest BCUT2D eigenvalue weighted by molar-refractivity contribution is 0.217. The highest BCUT2D eigenvalue weighted by Gasteiger charge is 2.17. The van der Waals surface area contributed by atoms with Crippen molar-refractivity contribution >= 4 is 27.5 Å². The third-order valence-electron chi connectivity index (χ3n) is 2.26. The lowest BCUT2D eigenvalue weighted by Gasteiger charge is -2.27. The zero-order chi connectivity index (χ0) is 9.97. The van der Waals surface area contributed by atoms with E-state index in [2.05, 4.69) is 21.2 Å². The third kappa shape index (κ3) is 2.41. The number of hydrogen-bond acceptors (Lipinski definition) is 2. The van der Waals surface area contributed by atoms with E-state index < -0.39 is 0 Å². The first kappa shape index (κ1) is 10.3. The summed E-state index contributed by atoms with van der Waals surface area (Å²) >= 11 is 9.35. The van der Waals surface area contributed by atoms with E-state index in [9.17, 15) is 0 Å². The fraction of sp³-hybridized carbons (Fsp3) is 0.400. The highest BCUT2D eigenvalue weighted by atomic mass is 79.9. The van der Waals surface area contributed by atoms with Crippen LogP contribution in [0, 0.1) is 0 Å². The lowest BCUT2D eigenvalue weighted by atomic mass is 10.1. The lowest BCUT2D eigenvalue weighted by Crippen LogP contribution is -2.46. The van der Waals surface area contributed by atoms with Crippen LogP contribution in [-0.2, 0) is 0 Å². The Hall–Kier alpha value is -0.250. The summed E-state index contributed by atoms with van der Waals surface area (Å²) in [5, 5.41) is 3.93. The second-order valence-corrected chi connectivity index (χ2v) is 4.65. The molecule has 4 heteroatoms. The molecule has 1 aromatic carbocycles. The fourth-order valence-electron chi connectivity index (χ4n) is 1.27. The second-order valence-electron chi connectivity index (χ2n) is 3.33. The van der Waals surface area contributed by atoms with Gasteiger partial charge in [0.05, 0.1) is 5.02 Å². The number of halogens is 2. The van der Waals surface area contributed by atoms with Crippen molar-refractivity contribution in [3.8, 4) is 5.75 Å².